The Balaban J connectivity index is 1.40. The highest BCUT2D eigenvalue weighted by Gasteiger charge is 2.10. The molecule has 0 saturated carbocycles. The number of carbonyl (C=O) groups is 1. The van der Waals surface area contributed by atoms with E-state index in [0.29, 0.717) is 11.6 Å². The minimum atomic E-state index is -0.389. The molecular weight excluding hydrogens is 368 g/mol. The number of hydrogen-bond acceptors (Lipinski definition) is 7. The Kier molecular flexibility index (Phi) is 4.63. The molecule has 4 aromatic rings. The van der Waals surface area contributed by atoms with Gasteiger partial charge < -0.3 is 0 Å². The van der Waals surface area contributed by atoms with Crippen LogP contribution in [0, 0.1) is 0 Å². The van der Waals surface area contributed by atoms with E-state index in [1.807, 2.05) is 24.3 Å². The topological polar surface area (TPSA) is 92.7 Å². The van der Waals surface area contributed by atoms with E-state index < -0.39 is 0 Å². The summed E-state index contributed by atoms with van der Waals surface area (Å²) in [5.74, 6) is 0.970. The van der Waals surface area contributed by atoms with Crippen LogP contribution in [0.2, 0.25) is 0 Å². The number of rotatable bonds is 4. The van der Waals surface area contributed by atoms with Crippen molar-refractivity contribution in [1.82, 2.24) is 19.9 Å². The van der Waals surface area contributed by atoms with Gasteiger partial charge in [0.25, 0.3) is 0 Å². The number of nitrogens with one attached hydrogen (secondary N) is 2. The summed E-state index contributed by atoms with van der Waals surface area (Å²) in [4.78, 5) is 29.0. The molecule has 0 saturated heterocycles. The Morgan fingerprint density at radius 2 is 1.46 bits per heavy atom. The normalized spacial score (nSPS) is 10.5. The number of hydrogen-bond donors (Lipinski definition) is 2. The van der Waals surface area contributed by atoms with Gasteiger partial charge in [-0.1, -0.05) is 0 Å². The Morgan fingerprint density at radius 3 is 2.08 bits per heavy atom. The van der Waals surface area contributed by atoms with E-state index in [4.69, 9.17) is 0 Å². The van der Waals surface area contributed by atoms with Crippen LogP contribution in [0.4, 0.5) is 16.4 Å². The van der Waals surface area contributed by atoms with Crippen LogP contribution in [0.1, 0.15) is 0 Å². The average Bonchev–Trinajstić information content (AvgIpc) is 3.33. The van der Waals surface area contributed by atoms with E-state index in [1.165, 1.54) is 22.7 Å². The molecule has 2 N–H and O–H groups in total. The lowest BCUT2D eigenvalue weighted by Crippen LogP contribution is -2.19. The number of urea groups is 1. The standard InChI is InChI=1S/C17H12N6OS2/c24-17(22-13-9-25-15(20-13)11-3-6-18-7-4-11)23-14-10-26-16(21-14)12-2-1-5-19-8-12/h1-10H,(H2,22,23,24). The molecule has 4 aromatic heterocycles. The van der Waals surface area contributed by atoms with Crippen molar-refractivity contribution in [2.24, 2.45) is 0 Å². The van der Waals surface area contributed by atoms with E-state index in [-0.39, 0.29) is 6.03 Å². The van der Waals surface area contributed by atoms with Gasteiger partial charge in [0.2, 0.25) is 0 Å². The predicted molar refractivity (Wildman–Crippen MR) is 103 cm³/mol. The molecule has 0 radical (unpaired) electrons. The third-order valence-corrected chi connectivity index (χ3v) is 5.11. The van der Waals surface area contributed by atoms with Crippen molar-refractivity contribution < 1.29 is 4.79 Å². The fraction of sp³-hybridized carbons (Fsp3) is 0. The molecule has 0 unspecified atom stereocenters. The van der Waals surface area contributed by atoms with E-state index in [2.05, 4.69) is 30.6 Å². The molecule has 0 spiro atoms. The van der Waals surface area contributed by atoms with E-state index in [9.17, 15) is 4.79 Å². The maximum Gasteiger partial charge on any atom is 0.326 e. The van der Waals surface area contributed by atoms with Crippen molar-refractivity contribution in [3.05, 3.63) is 59.8 Å². The number of aromatic nitrogens is 4. The van der Waals surface area contributed by atoms with Gasteiger partial charge in [-0.2, -0.15) is 0 Å². The lowest BCUT2D eigenvalue weighted by atomic mass is 10.3. The Morgan fingerprint density at radius 1 is 0.808 bits per heavy atom. The zero-order valence-electron chi connectivity index (χ0n) is 13.3. The summed E-state index contributed by atoms with van der Waals surface area (Å²) in [6, 6.07) is 7.13. The summed E-state index contributed by atoms with van der Waals surface area (Å²) < 4.78 is 0. The number of thiazole rings is 2. The highest BCUT2D eigenvalue weighted by atomic mass is 32.1. The number of carbonyl (C=O) groups excluding carboxylic acids is 1. The van der Waals surface area contributed by atoms with Crippen LogP contribution in [0.3, 0.4) is 0 Å². The zero-order valence-corrected chi connectivity index (χ0v) is 14.9. The summed E-state index contributed by atoms with van der Waals surface area (Å²) in [6.07, 6.45) is 6.85. The van der Waals surface area contributed by atoms with E-state index >= 15 is 0 Å². The molecule has 9 heteroatoms. The summed E-state index contributed by atoms with van der Waals surface area (Å²) >= 11 is 2.89. The first kappa shape index (κ1) is 16.3. The average molecular weight is 380 g/mol. The molecule has 2 amide bonds. The summed E-state index contributed by atoms with van der Waals surface area (Å²) in [7, 11) is 0. The number of amides is 2. The van der Waals surface area contributed by atoms with Gasteiger partial charge in [-0.3, -0.25) is 20.6 Å². The van der Waals surface area contributed by atoms with Gasteiger partial charge in [0.15, 0.2) is 0 Å². The SMILES string of the molecule is O=C(Nc1csc(-c2ccncc2)n1)Nc1csc(-c2cccnc2)n1. The highest BCUT2D eigenvalue weighted by molar-refractivity contribution is 7.13. The number of anilines is 2. The molecular formula is C17H12N6OS2. The maximum atomic E-state index is 12.2. The van der Waals surface area contributed by atoms with Gasteiger partial charge in [-0.05, 0) is 24.3 Å². The first-order chi connectivity index (χ1) is 12.8. The highest BCUT2D eigenvalue weighted by Crippen LogP contribution is 2.26. The van der Waals surface area contributed by atoms with E-state index in [0.717, 1.165) is 21.1 Å². The van der Waals surface area contributed by atoms with Crippen molar-refractivity contribution >= 4 is 40.3 Å². The lowest BCUT2D eigenvalue weighted by Gasteiger charge is -2.02. The smallest absolute Gasteiger partial charge is 0.291 e. The fourth-order valence-corrected chi connectivity index (χ4v) is 3.68. The molecule has 4 heterocycles. The Hall–Kier alpha value is -3.17. The van der Waals surface area contributed by atoms with Crippen LogP contribution in [0.15, 0.2) is 59.8 Å². The van der Waals surface area contributed by atoms with Gasteiger partial charge >= 0.3 is 6.03 Å². The van der Waals surface area contributed by atoms with Crippen LogP contribution in [-0.2, 0) is 0 Å². The lowest BCUT2D eigenvalue weighted by molar-refractivity contribution is 0.262. The molecule has 128 valence electrons. The van der Waals surface area contributed by atoms with Crippen molar-refractivity contribution in [2.75, 3.05) is 10.6 Å². The van der Waals surface area contributed by atoms with Crippen LogP contribution in [0.5, 0.6) is 0 Å². The second-order valence-corrected chi connectivity index (χ2v) is 6.85. The molecule has 4 rings (SSSR count). The van der Waals surface area contributed by atoms with Crippen molar-refractivity contribution in [2.45, 2.75) is 0 Å². The van der Waals surface area contributed by atoms with Gasteiger partial charge in [0.05, 0.1) is 0 Å². The molecule has 7 nitrogen and oxygen atoms in total. The van der Waals surface area contributed by atoms with Crippen molar-refractivity contribution in [1.29, 1.82) is 0 Å². The molecule has 0 atom stereocenters. The zero-order chi connectivity index (χ0) is 17.8. The van der Waals surface area contributed by atoms with Crippen LogP contribution in [0.25, 0.3) is 21.1 Å². The maximum absolute atomic E-state index is 12.2. The van der Waals surface area contributed by atoms with Crippen molar-refractivity contribution in [3.8, 4) is 21.1 Å². The summed E-state index contributed by atoms with van der Waals surface area (Å²) in [6.45, 7) is 0. The summed E-state index contributed by atoms with van der Waals surface area (Å²) in [5, 5.41) is 10.6. The molecule has 0 aliphatic rings. The van der Waals surface area contributed by atoms with Gasteiger partial charge in [-0.15, -0.1) is 22.7 Å². The van der Waals surface area contributed by atoms with Crippen LogP contribution in [-0.4, -0.2) is 26.0 Å². The van der Waals surface area contributed by atoms with Crippen LogP contribution < -0.4 is 10.6 Å². The first-order valence-electron chi connectivity index (χ1n) is 7.58. The van der Waals surface area contributed by atoms with Crippen molar-refractivity contribution in [3.63, 3.8) is 0 Å². The van der Waals surface area contributed by atoms with Crippen LogP contribution >= 0.6 is 22.7 Å². The van der Waals surface area contributed by atoms with E-state index in [1.54, 1.807) is 35.5 Å². The molecule has 0 aliphatic heterocycles. The Labute approximate surface area is 156 Å². The molecule has 0 aromatic carbocycles. The molecule has 26 heavy (non-hydrogen) atoms. The minimum Gasteiger partial charge on any atom is -0.291 e. The Bertz CT molecular complexity index is 934. The quantitative estimate of drug-likeness (QED) is 0.548. The third-order valence-electron chi connectivity index (χ3n) is 3.33. The minimum absolute atomic E-state index is 0.389. The third kappa shape index (κ3) is 3.73. The van der Waals surface area contributed by atoms with Gasteiger partial charge in [0.1, 0.15) is 21.7 Å². The molecule has 0 bridgehead atoms. The number of pyridine rings is 2. The monoisotopic (exact) mass is 380 g/mol. The predicted octanol–water partition coefficient (Wildman–Crippen LogP) is 4.37. The first-order valence-corrected chi connectivity index (χ1v) is 9.34. The van der Waals surface area contributed by atoms with Gasteiger partial charge in [-0.25, -0.2) is 14.8 Å². The molecule has 0 fully saturated rings. The second kappa shape index (κ2) is 7.38. The largest absolute Gasteiger partial charge is 0.326 e. The van der Waals surface area contributed by atoms with Gasteiger partial charge in [0, 0.05) is 46.7 Å². The summed E-state index contributed by atoms with van der Waals surface area (Å²) in [5.41, 5.74) is 1.87. The molecule has 0 aliphatic carbocycles. The fourth-order valence-electron chi connectivity index (χ4n) is 2.18. The second-order valence-electron chi connectivity index (χ2n) is 5.13. The number of nitrogens with zero attached hydrogens (tertiary/aromatic N) is 4.